The summed E-state index contributed by atoms with van der Waals surface area (Å²) >= 11 is 0. The van der Waals surface area contributed by atoms with Crippen LogP contribution in [-0.2, 0) is 5.41 Å². The number of para-hydroxylation sites is 3. The first kappa shape index (κ1) is 27.8. The molecule has 0 saturated carbocycles. The van der Waals surface area contributed by atoms with Gasteiger partial charge in [-0.15, -0.1) is 0 Å². The van der Waals surface area contributed by atoms with Gasteiger partial charge in [0.05, 0.1) is 22.4 Å². The molecule has 0 saturated heterocycles. The minimum atomic E-state index is -0.253. The molecular weight excluding hydrogens is 573 g/mol. The summed E-state index contributed by atoms with van der Waals surface area (Å²) < 4.78 is 22.3. The second kappa shape index (κ2) is 10.7. The van der Waals surface area contributed by atoms with Gasteiger partial charge in [0.15, 0.2) is 0 Å². The van der Waals surface area contributed by atoms with Crippen molar-refractivity contribution < 1.29 is 9.13 Å². The highest BCUT2D eigenvalue weighted by atomic mass is 19.1. The zero-order chi connectivity index (χ0) is 31.4. The molecule has 0 atom stereocenters. The Labute approximate surface area is 266 Å². The predicted octanol–water partition coefficient (Wildman–Crippen LogP) is 10.0. The Bertz CT molecular complexity index is 2240. The van der Waals surface area contributed by atoms with Crippen molar-refractivity contribution in [2.45, 2.75) is 26.2 Å². The van der Waals surface area contributed by atoms with E-state index in [9.17, 15) is 4.39 Å². The van der Waals surface area contributed by atoms with Crippen LogP contribution in [0, 0.1) is 5.82 Å². The van der Waals surface area contributed by atoms with Crippen molar-refractivity contribution in [2.24, 2.45) is 0 Å². The van der Waals surface area contributed by atoms with E-state index in [0.717, 1.165) is 50.4 Å². The highest BCUT2D eigenvalue weighted by molar-refractivity contribution is 6.09. The number of ether oxygens (including phenoxy) is 1. The van der Waals surface area contributed by atoms with Crippen LogP contribution in [-0.4, -0.2) is 21.2 Å². The summed E-state index contributed by atoms with van der Waals surface area (Å²) in [6.07, 6.45) is 3.66. The first-order chi connectivity index (χ1) is 22.3. The number of hydrogen-bond acceptors (Lipinski definition) is 5. The van der Waals surface area contributed by atoms with E-state index in [-0.39, 0.29) is 11.2 Å². The summed E-state index contributed by atoms with van der Waals surface area (Å²) in [5.74, 6) is 1.79. The Kier molecular flexibility index (Phi) is 6.49. The van der Waals surface area contributed by atoms with E-state index < -0.39 is 0 Å². The molecule has 0 bridgehead atoms. The molecule has 7 heteroatoms. The van der Waals surface area contributed by atoms with Crippen molar-refractivity contribution in [3.63, 3.8) is 0 Å². The molecule has 7 aromatic rings. The van der Waals surface area contributed by atoms with Crippen LogP contribution in [0.5, 0.6) is 11.6 Å². The summed E-state index contributed by atoms with van der Waals surface area (Å²) in [6.45, 7) is 7.21. The van der Waals surface area contributed by atoms with Gasteiger partial charge in [-0.25, -0.2) is 14.4 Å². The van der Waals surface area contributed by atoms with Crippen LogP contribution >= 0.6 is 0 Å². The number of rotatable bonds is 5. The minimum absolute atomic E-state index is 0.00664. The van der Waals surface area contributed by atoms with Gasteiger partial charge in [-0.05, 0) is 83.8 Å². The molecule has 6 nitrogen and oxygen atoms in total. The lowest BCUT2D eigenvalue weighted by atomic mass is 9.88. The quantitative estimate of drug-likeness (QED) is 0.195. The Balaban J connectivity index is 1.16. The highest BCUT2D eigenvalue weighted by Crippen LogP contribution is 2.44. The van der Waals surface area contributed by atoms with Gasteiger partial charge in [-0.3, -0.25) is 4.57 Å². The van der Waals surface area contributed by atoms with Crippen molar-refractivity contribution in [3.8, 4) is 17.4 Å². The van der Waals surface area contributed by atoms with Gasteiger partial charge in [0, 0.05) is 46.7 Å². The van der Waals surface area contributed by atoms with Crippen molar-refractivity contribution in [1.29, 1.82) is 0 Å². The first-order valence-corrected chi connectivity index (χ1v) is 15.4. The third kappa shape index (κ3) is 4.81. The molecule has 46 heavy (non-hydrogen) atoms. The van der Waals surface area contributed by atoms with Gasteiger partial charge in [0.25, 0.3) is 0 Å². The number of benzene rings is 4. The molecule has 0 amide bonds. The lowest BCUT2D eigenvalue weighted by molar-refractivity contribution is 0.463. The number of nitrogens with zero attached hydrogens (tertiary/aromatic N) is 5. The molecule has 0 unspecified atom stereocenters. The molecule has 4 aromatic carbocycles. The SMILES string of the molecule is CC(C)(C)c1ccnc(-n2c3ccccc3c3ccc(Oc4cc(N5CN(c6ccc(F)cc6)c6ccccc65)ccn4)cc32)c1. The molecule has 0 spiro atoms. The van der Waals surface area contributed by atoms with Crippen molar-refractivity contribution in [3.05, 3.63) is 139 Å². The molecule has 1 aliphatic rings. The average molecular weight is 606 g/mol. The maximum absolute atomic E-state index is 13.7. The Morgan fingerprint density at radius 2 is 1.35 bits per heavy atom. The first-order valence-electron chi connectivity index (χ1n) is 15.4. The highest BCUT2D eigenvalue weighted by Gasteiger charge is 2.28. The predicted molar refractivity (Wildman–Crippen MR) is 184 cm³/mol. The van der Waals surface area contributed by atoms with E-state index in [1.165, 1.54) is 17.7 Å². The Morgan fingerprint density at radius 3 is 2.13 bits per heavy atom. The van der Waals surface area contributed by atoms with Crippen molar-refractivity contribution >= 4 is 44.6 Å². The van der Waals surface area contributed by atoms with Crippen LogP contribution in [0.2, 0.25) is 0 Å². The Hall–Kier alpha value is -5.69. The number of fused-ring (bicyclic) bond motifs is 4. The zero-order valence-electron chi connectivity index (χ0n) is 25.9. The number of halogens is 1. The number of aromatic nitrogens is 3. The average Bonchev–Trinajstić information content (AvgIpc) is 3.61. The smallest absolute Gasteiger partial charge is 0.221 e. The van der Waals surface area contributed by atoms with E-state index in [1.54, 1.807) is 18.3 Å². The standard InChI is InChI=1S/C39H32FN5O/c1-39(2,3)26-18-20-41-37(22-26)45-33-9-5-4-8-31(33)32-17-16-30(24-36(32)45)46-38-23-29(19-21-42-38)44-25-43(28-14-12-27(40)13-15-28)34-10-6-7-11-35(34)44/h4-24H,25H2,1-3H3. The maximum Gasteiger partial charge on any atom is 0.221 e. The summed E-state index contributed by atoms with van der Waals surface area (Å²) in [5, 5.41) is 2.28. The molecule has 0 radical (unpaired) electrons. The fraction of sp³-hybridized carbons (Fsp3) is 0.128. The van der Waals surface area contributed by atoms with Crippen molar-refractivity contribution in [2.75, 3.05) is 16.5 Å². The molecule has 0 aliphatic carbocycles. The molecule has 0 N–H and O–H groups in total. The second-order valence-electron chi connectivity index (χ2n) is 12.6. The van der Waals surface area contributed by atoms with Gasteiger partial charge >= 0.3 is 0 Å². The number of pyridine rings is 2. The Morgan fingerprint density at radius 1 is 0.652 bits per heavy atom. The third-order valence-corrected chi connectivity index (χ3v) is 8.62. The number of anilines is 4. The largest absolute Gasteiger partial charge is 0.439 e. The van der Waals surface area contributed by atoms with Crippen LogP contribution < -0.4 is 14.5 Å². The van der Waals surface area contributed by atoms with Crippen LogP contribution in [0.25, 0.3) is 27.6 Å². The summed E-state index contributed by atoms with van der Waals surface area (Å²) in [4.78, 5) is 13.7. The third-order valence-electron chi connectivity index (χ3n) is 8.62. The molecular formula is C39H32FN5O. The monoisotopic (exact) mass is 605 g/mol. The van der Waals surface area contributed by atoms with E-state index in [4.69, 9.17) is 9.72 Å². The lowest BCUT2D eigenvalue weighted by Crippen LogP contribution is -2.23. The van der Waals surface area contributed by atoms with Crippen LogP contribution in [0.3, 0.4) is 0 Å². The van der Waals surface area contributed by atoms with Gasteiger partial charge in [0.2, 0.25) is 5.88 Å². The summed E-state index contributed by atoms with van der Waals surface area (Å²) in [7, 11) is 0. The molecule has 226 valence electrons. The normalized spacial score (nSPS) is 13.0. The summed E-state index contributed by atoms with van der Waals surface area (Å²) in [6, 6.07) is 37.6. The molecule has 8 rings (SSSR count). The van der Waals surface area contributed by atoms with Crippen molar-refractivity contribution in [1.82, 2.24) is 14.5 Å². The van der Waals surface area contributed by atoms with Crippen LogP contribution in [0.4, 0.5) is 27.1 Å². The van der Waals surface area contributed by atoms with E-state index in [2.05, 4.69) is 101 Å². The fourth-order valence-corrected chi connectivity index (χ4v) is 6.29. The van der Waals surface area contributed by atoms with Gasteiger partial charge < -0.3 is 14.5 Å². The molecule has 1 aliphatic heterocycles. The van der Waals surface area contributed by atoms with E-state index in [1.807, 2.05) is 36.5 Å². The van der Waals surface area contributed by atoms with Crippen LogP contribution in [0.15, 0.2) is 128 Å². The fourth-order valence-electron chi connectivity index (χ4n) is 6.29. The van der Waals surface area contributed by atoms with Crippen LogP contribution in [0.1, 0.15) is 26.3 Å². The number of hydrogen-bond donors (Lipinski definition) is 0. The second-order valence-corrected chi connectivity index (χ2v) is 12.6. The minimum Gasteiger partial charge on any atom is -0.439 e. The van der Waals surface area contributed by atoms with E-state index >= 15 is 0 Å². The van der Waals surface area contributed by atoms with Gasteiger partial charge in [0.1, 0.15) is 24.1 Å². The maximum atomic E-state index is 13.7. The molecule has 0 fully saturated rings. The van der Waals surface area contributed by atoms with Gasteiger partial charge in [-0.1, -0.05) is 51.1 Å². The van der Waals surface area contributed by atoms with E-state index in [0.29, 0.717) is 18.3 Å². The topological polar surface area (TPSA) is 46.4 Å². The molecule has 4 heterocycles. The zero-order valence-corrected chi connectivity index (χ0v) is 25.9. The van der Waals surface area contributed by atoms with Gasteiger partial charge in [-0.2, -0.15) is 0 Å². The summed E-state index contributed by atoms with van der Waals surface area (Å²) in [5.41, 5.74) is 7.29. The lowest BCUT2D eigenvalue weighted by Gasteiger charge is -2.22. The molecule has 3 aromatic heterocycles.